The summed E-state index contributed by atoms with van der Waals surface area (Å²) in [6, 6.07) is 13.3. The summed E-state index contributed by atoms with van der Waals surface area (Å²) >= 11 is 0. The van der Waals surface area contributed by atoms with Gasteiger partial charge in [0.2, 0.25) is 0 Å². The lowest BCUT2D eigenvalue weighted by Gasteiger charge is -2.12. The molecule has 4 aromatic rings. The van der Waals surface area contributed by atoms with E-state index in [1.807, 2.05) is 49.4 Å². The normalized spacial score (nSPS) is 11.0. The van der Waals surface area contributed by atoms with Crippen molar-refractivity contribution in [1.29, 1.82) is 0 Å². The SMILES string of the molecule is CCOc1cc(-c2cccc(CO)c2)ccc1-c1nc2[nH]nnc2c(=O)[nH]1. The summed E-state index contributed by atoms with van der Waals surface area (Å²) in [4.78, 5) is 19.3. The molecule has 0 aliphatic heterocycles. The van der Waals surface area contributed by atoms with Crippen LogP contribution in [0.1, 0.15) is 12.5 Å². The molecule has 2 aromatic carbocycles. The number of aromatic nitrogens is 5. The van der Waals surface area contributed by atoms with Gasteiger partial charge in [-0.2, -0.15) is 0 Å². The monoisotopic (exact) mass is 363 g/mol. The molecular formula is C19H17N5O3. The van der Waals surface area contributed by atoms with Crippen molar-refractivity contribution in [1.82, 2.24) is 25.4 Å². The first-order valence-corrected chi connectivity index (χ1v) is 8.48. The van der Waals surface area contributed by atoms with Crippen molar-refractivity contribution >= 4 is 11.2 Å². The Balaban J connectivity index is 1.84. The molecule has 0 amide bonds. The van der Waals surface area contributed by atoms with Gasteiger partial charge >= 0.3 is 0 Å². The predicted molar refractivity (Wildman–Crippen MR) is 100 cm³/mol. The molecule has 0 saturated carbocycles. The number of nitrogens with one attached hydrogen (secondary N) is 2. The smallest absolute Gasteiger partial charge is 0.281 e. The quantitative estimate of drug-likeness (QED) is 0.501. The van der Waals surface area contributed by atoms with Gasteiger partial charge < -0.3 is 14.8 Å². The summed E-state index contributed by atoms with van der Waals surface area (Å²) in [7, 11) is 0. The van der Waals surface area contributed by atoms with Crippen LogP contribution in [0.25, 0.3) is 33.7 Å². The van der Waals surface area contributed by atoms with Crippen LogP contribution in [0.2, 0.25) is 0 Å². The Labute approximate surface area is 153 Å². The van der Waals surface area contributed by atoms with Gasteiger partial charge in [-0.05, 0) is 41.8 Å². The fraction of sp³-hybridized carbons (Fsp3) is 0.158. The molecule has 136 valence electrons. The van der Waals surface area contributed by atoms with E-state index in [9.17, 15) is 9.90 Å². The van der Waals surface area contributed by atoms with Crippen LogP contribution < -0.4 is 10.3 Å². The third-order valence-electron chi connectivity index (χ3n) is 4.18. The molecule has 3 N–H and O–H groups in total. The Morgan fingerprint density at radius 1 is 1.15 bits per heavy atom. The topological polar surface area (TPSA) is 117 Å². The van der Waals surface area contributed by atoms with Crippen molar-refractivity contribution in [2.75, 3.05) is 6.61 Å². The molecule has 8 heteroatoms. The van der Waals surface area contributed by atoms with Gasteiger partial charge in [0, 0.05) is 0 Å². The number of aromatic amines is 2. The van der Waals surface area contributed by atoms with Gasteiger partial charge in [-0.3, -0.25) is 4.79 Å². The number of fused-ring (bicyclic) bond motifs is 1. The van der Waals surface area contributed by atoms with Crippen molar-refractivity contribution in [2.45, 2.75) is 13.5 Å². The van der Waals surface area contributed by atoms with Crippen LogP contribution in [0.4, 0.5) is 0 Å². The third-order valence-corrected chi connectivity index (χ3v) is 4.18. The lowest BCUT2D eigenvalue weighted by Crippen LogP contribution is -2.10. The molecular weight excluding hydrogens is 346 g/mol. The summed E-state index contributed by atoms with van der Waals surface area (Å²) in [5, 5.41) is 19.3. The van der Waals surface area contributed by atoms with Gasteiger partial charge in [0.15, 0.2) is 11.2 Å². The van der Waals surface area contributed by atoms with Gasteiger partial charge in [0.05, 0.1) is 18.8 Å². The molecule has 2 heterocycles. The molecule has 27 heavy (non-hydrogen) atoms. The molecule has 0 spiro atoms. The highest BCUT2D eigenvalue weighted by Crippen LogP contribution is 2.33. The fourth-order valence-corrected chi connectivity index (χ4v) is 2.91. The van der Waals surface area contributed by atoms with Crippen LogP contribution >= 0.6 is 0 Å². The Bertz CT molecular complexity index is 1170. The van der Waals surface area contributed by atoms with Crippen molar-refractivity contribution < 1.29 is 9.84 Å². The number of rotatable bonds is 5. The molecule has 8 nitrogen and oxygen atoms in total. The van der Waals surface area contributed by atoms with Crippen LogP contribution in [0.5, 0.6) is 5.75 Å². The Morgan fingerprint density at radius 3 is 2.81 bits per heavy atom. The summed E-state index contributed by atoms with van der Waals surface area (Å²) in [5.74, 6) is 0.969. The second kappa shape index (κ2) is 7.00. The first kappa shape index (κ1) is 16.9. The van der Waals surface area contributed by atoms with Gasteiger partial charge in [-0.1, -0.05) is 29.5 Å². The Morgan fingerprint density at radius 2 is 2.00 bits per heavy atom. The molecule has 0 aliphatic carbocycles. The average molecular weight is 363 g/mol. The summed E-state index contributed by atoms with van der Waals surface area (Å²) < 4.78 is 5.79. The minimum Gasteiger partial charge on any atom is -0.493 e. The van der Waals surface area contributed by atoms with E-state index in [2.05, 4.69) is 25.4 Å². The largest absolute Gasteiger partial charge is 0.493 e. The van der Waals surface area contributed by atoms with E-state index in [0.29, 0.717) is 29.4 Å². The van der Waals surface area contributed by atoms with Crippen LogP contribution in [0, 0.1) is 0 Å². The van der Waals surface area contributed by atoms with Gasteiger partial charge in [-0.15, -0.1) is 5.10 Å². The lowest BCUT2D eigenvalue weighted by molar-refractivity contribution is 0.282. The van der Waals surface area contributed by atoms with Crippen molar-refractivity contribution in [3.63, 3.8) is 0 Å². The second-order valence-corrected chi connectivity index (χ2v) is 5.93. The van der Waals surface area contributed by atoms with E-state index in [1.54, 1.807) is 0 Å². The summed E-state index contributed by atoms with van der Waals surface area (Å²) in [6.45, 7) is 2.33. The molecule has 0 unspecified atom stereocenters. The number of ether oxygens (including phenoxy) is 1. The van der Waals surface area contributed by atoms with Crippen molar-refractivity contribution in [3.8, 4) is 28.3 Å². The zero-order chi connectivity index (χ0) is 18.8. The molecule has 2 aromatic heterocycles. The van der Waals surface area contributed by atoms with Gasteiger partial charge in [-0.25, -0.2) is 10.1 Å². The molecule has 0 fully saturated rings. The van der Waals surface area contributed by atoms with E-state index in [-0.39, 0.29) is 17.7 Å². The van der Waals surface area contributed by atoms with E-state index in [4.69, 9.17) is 4.74 Å². The number of benzene rings is 2. The predicted octanol–water partition coefficient (Wildman–Crippen LogP) is 2.27. The molecule has 0 radical (unpaired) electrons. The highest BCUT2D eigenvalue weighted by Gasteiger charge is 2.14. The summed E-state index contributed by atoms with van der Waals surface area (Å²) in [5.41, 5.74) is 3.49. The Kier molecular flexibility index (Phi) is 4.39. The molecule has 0 aliphatic rings. The lowest BCUT2D eigenvalue weighted by atomic mass is 10.0. The minimum absolute atomic E-state index is 0.0202. The fourth-order valence-electron chi connectivity index (χ4n) is 2.91. The van der Waals surface area contributed by atoms with E-state index < -0.39 is 0 Å². The van der Waals surface area contributed by atoms with Crippen LogP contribution in [0.3, 0.4) is 0 Å². The van der Waals surface area contributed by atoms with Crippen LogP contribution in [0.15, 0.2) is 47.3 Å². The first-order chi connectivity index (χ1) is 13.2. The van der Waals surface area contributed by atoms with E-state index >= 15 is 0 Å². The van der Waals surface area contributed by atoms with Crippen LogP contribution in [-0.2, 0) is 6.61 Å². The number of hydrogen-bond donors (Lipinski definition) is 3. The van der Waals surface area contributed by atoms with Gasteiger partial charge in [0.1, 0.15) is 11.6 Å². The number of aliphatic hydroxyl groups is 1. The second-order valence-electron chi connectivity index (χ2n) is 5.93. The van der Waals surface area contributed by atoms with Gasteiger partial charge in [0.25, 0.3) is 5.56 Å². The Hall–Kier alpha value is -3.52. The maximum Gasteiger partial charge on any atom is 0.281 e. The molecule has 4 rings (SSSR count). The summed E-state index contributed by atoms with van der Waals surface area (Å²) in [6.07, 6.45) is 0. The molecule has 0 atom stereocenters. The van der Waals surface area contributed by atoms with Crippen molar-refractivity contribution in [3.05, 3.63) is 58.4 Å². The average Bonchev–Trinajstić information content (AvgIpc) is 3.17. The van der Waals surface area contributed by atoms with E-state index in [0.717, 1.165) is 16.7 Å². The maximum atomic E-state index is 12.2. The molecule has 0 saturated heterocycles. The minimum atomic E-state index is -0.370. The highest BCUT2D eigenvalue weighted by molar-refractivity contribution is 5.76. The number of aliphatic hydroxyl groups excluding tert-OH is 1. The van der Waals surface area contributed by atoms with Crippen molar-refractivity contribution in [2.24, 2.45) is 0 Å². The zero-order valence-corrected chi connectivity index (χ0v) is 14.6. The third kappa shape index (κ3) is 3.18. The van der Waals surface area contributed by atoms with Crippen LogP contribution in [-0.4, -0.2) is 37.1 Å². The first-order valence-electron chi connectivity index (χ1n) is 8.48. The number of hydrogen-bond acceptors (Lipinski definition) is 6. The highest BCUT2D eigenvalue weighted by atomic mass is 16.5. The standard InChI is InChI=1S/C19H17N5O3/c1-2-27-15-9-13(12-5-3-4-11(8-12)10-25)6-7-14(15)17-20-18-16(19(26)21-17)22-24-23-18/h3-9,25H,2,10H2,1H3,(H2,20,21,22,23,24,26). The molecule has 0 bridgehead atoms. The number of nitrogens with zero attached hydrogens (tertiary/aromatic N) is 3. The number of H-pyrrole nitrogens is 2. The zero-order valence-electron chi connectivity index (χ0n) is 14.6. The van der Waals surface area contributed by atoms with E-state index in [1.165, 1.54) is 0 Å². The maximum absolute atomic E-state index is 12.2.